The molecule has 1 aliphatic rings. The van der Waals surface area contributed by atoms with Crippen LogP contribution in [0, 0.1) is 0 Å². The van der Waals surface area contributed by atoms with Crippen molar-refractivity contribution in [3.63, 3.8) is 0 Å². The molecule has 100 valence electrons. The average Bonchev–Trinajstić information content (AvgIpc) is 3.16. The van der Waals surface area contributed by atoms with Gasteiger partial charge in [0, 0.05) is 25.4 Å². The predicted octanol–water partition coefficient (Wildman–Crippen LogP) is 0.812. The van der Waals surface area contributed by atoms with Crippen LogP contribution in [0.3, 0.4) is 0 Å². The van der Waals surface area contributed by atoms with Crippen LogP contribution < -0.4 is 4.90 Å². The third kappa shape index (κ3) is 1.81. The van der Waals surface area contributed by atoms with Crippen LogP contribution in [-0.2, 0) is 13.0 Å². The first kappa shape index (κ1) is 11.1. The fourth-order valence-corrected chi connectivity index (χ4v) is 2.23. The molecule has 0 amide bonds. The highest BCUT2D eigenvalue weighted by atomic mass is 16.4. The number of imidazole rings is 1. The van der Waals surface area contributed by atoms with Crippen LogP contribution in [-0.4, -0.2) is 36.7 Å². The number of rotatable bonds is 2. The second kappa shape index (κ2) is 4.41. The highest BCUT2D eigenvalue weighted by Gasteiger charge is 2.23. The Labute approximate surface area is 113 Å². The van der Waals surface area contributed by atoms with Crippen molar-refractivity contribution in [2.75, 3.05) is 11.4 Å². The van der Waals surface area contributed by atoms with Crippen LogP contribution in [0.15, 0.2) is 29.3 Å². The summed E-state index contributed by atoms with van der Waals surface area (Å²) in [5, 5.41) is 8.10. The predicted molar refractivity (Wildman–Crippen MR) is 68.7 cm³/mol. The Morgan fingerprint density at radius 3 is 3.10 bits per heavy atom. The smallest absolute Gasteiger partial charge is 0.318 e. The minimum Gasteiger partial charge on any atom is -0.401 e. The lowest BCUT2D eigenvalue weighted by molar-refractivity contribution is 0.529. The molecule has 20 heavy (non-hydrogen) atoms. The summed E-state index contributed by atoms with van der Waals surface area (Å²) in [6.45, 7) is 1.50. The molecule has 4 heterocycles. The number of aromatic nitrogens is 6. The average molecular weight is 269 g/mol. The van der Waals surface area contributed by atoms with Gasteiger partial charge in [0.1, 0.15) is 5.69 Å². The van der Waals surface area contributed by atoms with E-state index in [9.17, 15) is 0 Å². The third-order valence-corrected chi connectivity index (χ3v) is 3.24. The molecular formula is C12H11N7O. The maximum atomic E-state index is 5.67. The molecule has 1 N–H and O–H groups in total. The van der Waals surface area contributed by atoms with E-state index in [1.165, 1.54) is 0 Å². The van der Waals surface area contributed by atoms with Gasteiger partial charge >= 0.3 is 6.01 Å². The number of nitrogens with one attached hydrogen (secondary N) is 1. The van der Waals surface area contributed by atoms with Gasteiger partial charge in [-0.2, -0.15) is 0 Å². The molecule has 0 radical (unpaired) electrons. The van der Waals surface area contributed by atoms with Gasteiger partial charge < -0.3 is 14.3 Å². The van der Waals surface area contributed by atoms with Crippen LogP contribution in [0.4, 0.5) is 6.01 Å². The normalized spacial score (nSPS) is 14.3. The molecule has 0 saturated carbocycles. The van der Waals surface area contributed by atoms with Crippen molar-refractivity contribution >= 4 is 6.01 Å². The SMILES string of the molecule is c1cnc(-c2nnc(N3CCc4nc[nH]c4C3)o2)cn1. The summed E-state index contributed by atoms with van der Waals surface area (Å²) < 4.78 is 5.67. The van der Waals surface area contributed by atoms with Gasteiger partial charge in [0.15, 0.2) is 0 Å². The van der Waals surface area contributed by atoms with E-state index in [1.54, 1.807) is 24.9 Å². The van der Waals surface area contributed by atoms with Gasteiger partial charge in [-0.1, -0.05) is 5.10 Å². The van der Waals surface area contributed by atoms with E-state index in [4.69, 9.17) is 4.42 Å². The molecule has 0 unspecified atom stereocenters. The molecule has 8 nitrogen and oxygen atoms in total. The van der Waals surface area contributed by atoms with Gasteiger partial charge in [0.05, 0.1) is 30.5 Å². The minimum atomic E-state index is 0.378. The van der Waals surface area contributed by atoms with Crippen molar-refractivity contribution in [3.8, 4) is 11.6 Å². The Bertz CT molecular complexity index is 720. The maximum Gasteiger partial charge on any atom is 0.318 e. The maximum absolute atomic E-state index is 5.67. The van der Waals surface area contributed by atoms with Gasteiger partial charge in [0.25, 0.3) is 5.89 Å². The summed E-state index contributed by atoms with van der Waals surface area (Å²) in [5.74, 6) is 0.378. The number of aromatic amines is 1. The topological polar surface area (TPSA) is 96.6 Å². The molecule has 0 bridgehead atoms. The zero-order valence-electron chi connectivity index (χ0n) is 10.5. The zero-order valence-corrected chi connectivity index (χ0v) is 10.5. The second-order valence-electron chi connectivity index (χ2n) is 4.48. The molecule has 0 saturated heterocycles. The van der Waals surface area contributed by atoms with Gasteiger partial charge in [-0.05, 0) is 0 Å². The summed E-state index contributed by atoms with van der Waals surface area (Å²) >= 11 is 0. The van der Waals surface area contributed by atoms with Crippen molar-refractivity contribution in [1.29, 1.82) is 0 Å². The molecule has 0 fully saturated rings. The van der Waals surface area contributed by atoms with E-state index < -0.39 is 0 Å². The van der Waals surface area contributed by atoms with Gasteiger partial charge in [-0.25, -0.2) is 9.97 Å². The van der Waals surface area contributed by atoms with E-state index in [0.717, 1.165) is 24.4 Å². The van der Waals surface area contributed by atoms with Crippen molar-refractivity contribution < 1.29 is 4.42 Å². The lowest BCUT2D eigenvalue weighted by atomic mass is 10.1. The molecule has 0 aliphatic carbocycles. The van der Waals surface area contributed by atoms with Crippen molar-refractivity contribution in [2.45, 2.75) is 13.0 Å². The molecule has 3 aromatic rings. The Balaban J connectivity index is 1.60. The molecule has 4 rings (SSSR count). The monoisotopic (exact) mass is 269 g/mol. The Morgan fingerprint density at radius 1 is 1.20 bits per heavy atom. The summed E-state index contributed by atoms with van der Waals surface area (Å²) in [5.41, 5.74) is 2.77. The van der Waals surface area contributed by atoms with E-state index in [1.807, 2.05) is 4.90 Å². The van der Waals surface area contributed by atoms with E-state index in [0.29, 0.717) is 24.1 Å². The molecule has 0 aromatic carbocycles. The van der Waals surface area contributed by atoms with Gasteiger partial charge in [-0.3, -0.25) is 4.98 Å². The molecule has 0 atom stereocenters. The quantitative estimate of drug-likeness (QED) is 0.735. The third-order valence-electron chi connectivity index (χ3n) is 3.24. The highest BCUT2D eigenvalue weighted by molar-refractivity contribution is 5.45. The summed E-state index contributed by atoms with van der Waals surface area (Å²) in [7, 11) is 0. The van der Waals surface area contributed by atoms with Crippen LogP contribution in [0.5, 0.6) is 0 Å². The van der Waals surface area contributed by atoms with Crippen molar-refractivity contribution in [3.05, 3.63) is 36.3 Å². The molecule has 1 aliphatic heterocycles. The Kier molecular flexibility index (Phi) is 2.44. The molecule has 8 heteroatoms. The van der Waals surface area contributed by atoms with Crippen molar-refractivity contribution in [1.82, 2.24) is 30.1 Å². The van der Waals surface area contributed by atoms with Crippen LogP contribution in [0.1, 0.15) is 11.4 Å². The first-order valence-electron chi connectivity index (χ1n) is 6.26. The number of hydrogen-bond acceptors (Lipinski definition) is 7. The van der Waals surface area contributed by atoms with E-state index >= 15 is 0 Å². The van der Waals surface area contributed by atoms with E-state index in [-0.39, 0.29) is 0 Å². The van der Waals surface area contributed by atoms with Crippen LogP contribution in [0.25, 0.3) is 11.6 Å². The fraction of sp³-hybridized carbons (Fsp3) is 0.250. The Morgan fingerprint density at radius 2 is 2.20 bits per heavy atom. The van der Waals surface area contributed by atoms with Crippen LogP contribution >= 0.6 is 0 Å². The lowest BCUT2D eigenvalue weighted by Gasteiger charge is -2.23. The lowest BCUT2D eigenvalue weighted by Crippen LogP contribution is -2.30. The number of fused-ring (bicyclic) bond motifs is 1. The van der Waals surface area contributed by atoms with Crippen LogP contribution in [0.2, 0.25) is 0 Å². The van der Waals surface area contributed by atoms with E-state index in [2.05, 4.69) is 30.1 Å². The zero-order chi connectivity index (χ0) is 13.4. The minimum absolute atomic E-state index is 0.378. The number of nitrogens with zero attached hydrogens (tertiary/aromatic N) is 6. The first-order valence-corrected chi connectivity index (χ1v) is 6.26. The number of H-pyrrole nitrogens is 1. The summed E-state index contributed by atoms with van der Waals surface area (Å²) in [6.07, 6.45) is 7.37. The Hall–Kier alpha value is -2.77. The number of hydrogen-bond donors (Lipinski definition) is 1. The second-order valence-corrected chi connectivity index (χ2v) is 4.48. The molecular weight excluding hydrogens is 258 g/mol. The number of anilines is 1. The summed E-state index contributed by atoms with van der Waals surface area (Å²) in [4.78, 5) is 17.6. The molecule has 3 aromatic heterocycles. The first-order chi connectivity index (χ1) is 9.90. The largest absolute Gasteiger partial charge is 0.401 e. The summed E-state index contributed by atoms with van der Waals surface area (Å²) in [6, 6.07) is 0.492. The standard InChI is InChI=1S/C12H11N7O/c1-4-19(6-10-8(1)15-7-16-10)12-18-17-11(20-12)9-5-13-2-3-14-9/h2-3,5,7H,1,4,6H2,(H,15,16). The van der Waals surface area contributed by atoms with Crippen molar-refractivity contribution in [2.24, 2.45) is 0 Å². The highest BCUT2D eigenvalue weighted by Crippen LogP contribution is 2.24. The van der Waals surface area contributed by atoms with Gasteiger partial charge in [-0.15, -0.1) is 5.10 Å². The molecule has 0 spiro atoms. The fourth-order valence-electron chi connectivity index (χ4n) is 2.23. The van der Waals surface area contributed by atoms with Gasteiger partial charge in [0.2, 0.25) is 0 Å².